The zero-order valence-electron chi connectivity index (χ0n) is 16.3. The molecular weight excluding hydrogens is 481 g/mol. The predicted molar refractivity (Wildman–Crippen MR) is 115 cm³/mol. The molecule has 1 aromatic heterocycles. The second-order valence-corrected chi connectivity index (χ2v) is 5.98. The van der Waals surface area contributed by atoms with Crippen molar-refractivity contribution in [2.45, 2.75) is 32.9 Å². The first-order chi connectivity index (χ1) is 13.0. The Morgan fingerprint density at radius 3 is 2.82 bits per heavy atom. The Bertz CT molecular complexity index is 755. The molecule has 0 aliphatic rings. The molecule has 2 rings (SSSR count). The average molecular weight is 508 g/mol. The van der Waals surface area contributed by atoms with Crippen LogP contribution in [0.3, 0.4) is 0 Å². The molecule has 1 aromatic carbocycles. The third-order valence-corrected chi connectivity index (χ3v) is 4.00. The van der Waals surface area contributed by atoms with E-state index in [1.54, 1.807) is 20.4 Å². The lowest BCUT2D eigenvalue weighted by Crippen LogP contribution is -2.40. The summed E-state index contributed by atoms with van der Waals surface area (Å²) in [6.07, 6.45) is 2.49. The van der Waals surface area contributed by atoms with E-state index in [0.717, 1.165) is 18.3 Å². The molecule has 10 heteroatoms. The van der Waals surface area contributed by atoms with Crippen LogP contribution in [0.1, 0.15) is 31.3 Å². The fourth-order valence-corrected chi connectivity index (χ4v) is 2.57. The SMILES string of the molecule is CCc1nncn1CCNC(=NCCOC)NC(C)c1ccc(F)cc1F.I. The summed E-state index contributed by atoms with van der Waals surface area (Å²) in [6.45, 7) is 5.99. The van der Waals surface area contributed by atoms with E-state index in [2.05, 4.69) is 25.8 Å². The molecule has 1 unspecified atom stereocenters. The van der Waals surface area contributed by atoms with Crippen LogP contribution < -0.4 is 10.6 Å². The molecule has 0 saturated heterocycles. The minimum Gasteiger partial charge on any atom is -0.383 e. The molecular formula is C18H27F2IN6O. The fraction of sp³-hybridized carbons (Fsp3) is 0.500. The van der Waals surface area contributed by atoms with Crippen molar-refractivity contribution in [1.82, 2.24) is 25.4 Å². The van der Waals surface area contributed by atoms with Crippen LogP contribution in [-0.4, -0.2) is 47.5 Å². The Morgan fingerprint density at radius 2 is 2.14 bits per heavy atom. The molecule has 0 spiro atoms. The molecule has 2 N–H and O–H groups in total. The predicted octanol–water partition coefficient (Wildman–Crippen LogP) is 2.68. The Morgan fingerprint density at radius 1 is 1.36 bits per heavy atom. The number of halogens is 3. The van der Waals surface area contributed by atoms with Gasteiger partial charge in [-0.25, -0.2) is 8.78 Å². The van der Waals surface area contributed by atoms with Gasteiger partial charge in [0.25, 0.3) is 0 Å². The number of nitrogens with zero attached hydrogens (tertiary/aromatic N) is 4. The van der Waals surface area contributed by atoms with E-state index in [9.17, 15) is 8.78 Å². The molecule has 0 aliphatic carbocycles. The van der Waals surface area contributed by atoms with Gasteiger partial charge in [0.15, 0.2) is 5.96 Å². The van der Waals surface area contributed by atoms with Crippen LogP contribution in [0, 0.1) is 11.6 Å². The van der Waals surface area contributed by atoms with E-state index in [4.69, 9.17) is 4.74 Å². The summed E-state index contributed by atoms with van der Waals surface area (Å²) < 4.78 is 34.1. The van der Waals surface area contributed by atoms with Crippen molar-refractivity contribution >= 4 is 29.9 Å². The van der Waals surface area contributed by atoms with Crippen LogP contribution in [0.2, 0.25) is 0 Å². The molecule has 0 aliphatic heterocycles. The van der Waals surface area contributed by atoms with Gasteiger partial charge in [0.05, 0.1) is 19.2 Å². The molecule has 1 atom stereocenters. The second-order valence-electron chi connectivity index (χ2n) is 5.98. The van der Waals surface area contributed by atoms with E-state index >= 15 is 0 Å². The van der Waals surface area contributed by atoms with Crippen molar-refractivity contribution in [3.8, 4) is 0 Å². The van der Waals surface area contributed by atoms with Crippen LogP contribution in [-0.2, 0) is 17.7 Å². The van der Waals surface area contributed by atoms with Gasteiger partial charge < -0.3 is 19.9 Å². The van der Waals surface area contributed by atoms with E-state index in [-0.39, 0.29) is 30.0 Å². The third kappa shape index (κ3) is 7.30. The highest BCUT2D eigenvalue weighted by molar-refractivity contribution is 14.0. The number of guanidine groups is 1. The number of benzene rings is 1. The lowest BCUT2D eigenvalue weighted by molar-refractivity contribution is 0.208. The average Bonchev–Trinajstić information content (AvgIpc) is 3.09. The molecule has 0 bridgehead atoms. The van der Waals surface area contributed by atoms with Crippen molar-refractivity contribution in [3.63, 3.8) is 0 Å². The summed E-state index contributed by atoms with van der Waals surface area (Å²) >= 11 is 0. The third-order valence-electron chi connectivity index (χ3n) is 4.00. The van der Waals surface area contributed by atoms with E-state index < -0.39 is 11.6 Å². The Labute approximate surface area is 181 Å². The van der Waals surface area contributed by atoms with Gasteiger partial charge in [0, 0.05) is 38.2 Å². The van der Waals surface area contributed by atoms with E-state index in [1.165, 1.54) is 12.1 Å². The standard InChI is InChI=1S/C18H26F2N6O.HI/c1-4-17-25-23-12-26(17)9-7-21-18(22-8-10-27-3)24-13(2)15-6-5-14(19)11-16(15)20;/h5-6,11-13H,4,7-10H2,1-3H3,(H2,21,22,24);1H. The van der Waals surface area contributed by atoms with Crippen molar-refractivity contribution in [2.75, 3.05) is 26.8 Å². The number of hydrogen-bond acceptors (Lipinski definition) is 4. The van der Waals surface area contributed by atoms with E-state index in [0.29, 0.717) is 37.8 Å². The summed E-state index contributed by atoms with van der Waals surface area (Å²) in [5.41, 5.74) is 0.365. The summed E-state index contributed by atoms with van der Waals surface area (Å²) in [6, 6.07) is 3.16. The van der Waals surface area contributed by atoms with Crippen molar-refractivity contribution in [3.05, 3.63) is 47.5 Å². The van der Waals surface area contributed by atoms with Crippen LogP contribution in [0.25, 0.3) is 0 Å². The summed E-state index contributed by atoms with van der Waals surface area (Å²) in [5, 5.41) is 14.3. The zero-order chi connectivity index (χ0) is 19.6. The quantitative estimate of drug-likeness (QED) is 0.236. The van der Waals surface area contributed by atoms with Crippen molar-refractivity contribution in [2.24, 2.45) is 4.99 Å². The van der Waals surface area contributed by atoms with Gasteiger partial charge in [-0.2, -0.15) is 0 Å². The van der Waals surface area contributed by atoms with Crippen molar-refractivity contribution in [1.29, 1.82) is 0 Å². The summed E-state index contributed by atoms with van der Waals surface area (Å²) in [7, 11) is 1.60. The number of aliphatic imine (C=N–C) groups is 1. The highest BCUT2D eigenvalue weighted by Crippen LogP contribution is 2.17. The minimum absolute atomic E-state index is 0. The summed E-state index contributed by atoms with van der Waals surface area (Å²) in [5.74, 6) is 0.235. The van der Waals surface area contributed by atoms with Gasteiger partial charge in [0.2, 0.25) is 0 Å². The van der Waals surface area contributed by atoms with Crippen LogP contribution in [0.4, 0.5) is 8.78 Å². The maximum Gasteiger partial charge on any atom is 0.191 e. The zero-order valence-corrected chi connectivity index (χ0v) is 18.6. The first-order valence-corrected chi connectivity index (χ1v) is 8.90. The number of hydrogen-bond donors (Lipinski definition) is 2. The Kier molecular flexibility index (Phi) is 10.9. The molecule has 0 amide bonds. The molecule has 28 heavy (non-hydrogen) atoms. The number of ether oxygens (including phenoxy) is 1. The molecule has 1 heterocycles. The van der Waals surface area contributed by atoms with Crippen LogP contribution in [0.15, 0.2) is 29.5 Å². The lowest BCUT2D eigenvalue weighted by atomic mass is 10.1. The minimum atomic E-state index is -0.601. The number of aryl methyl sites for hydroxylation is 1. The monoisotopic (exact) mass is 508 g/mol. The normalized spacial score (nSPS) is 12.4. The molecule has 156 valence electrons. The van der Waals surface area contributed by atoms with Crippen molar-refractivity contribution < 1.29 is 13.5 Å². The molecule has 0 radical (unpaired) electrons. The summed E-state index contributed by atoms with van der Waals surface area (Å²) in [4.78, 5) is 4.42. The van der Waals surface area contributed by atoms with Gasteiger partial charge in [-0.3, -0.25) is 4.99 Å². The number of aromatic nitrogens is 3. The molecule has 7 nitrogen and oxygen atoms in total. The largest absolute Gasteiger partial charge is 0.383 e. The first-order valence-electron chi connectivity index (χ1n) is 8.90. The lowest BCUT2D eigenvalue weighted by Gasteiger charge is -2.19. The number of rotatable bonds is 9. The highest BCUT2D eigenvalue weighted by Gasteiger charge is 2.13. The van der Waals surface area contributed by atoms with Gasteiger partial charge in [-0.05, 0) is 13.0 Å². The van der Waals surface area contributed by atoms with Gasteiger partial charge in [-0.1, -0.05) is 13.0 Å². The maximum absolute atomic E-state index is 14.0. The fourth-order valence-electron chi connectivity index (χ4n) is 2.57. The molecule has 0 fully saturated rings. The van der Waals surface area contributed by atoms with Gasteiger partial charge in [0.1, 0.15) is 23.8 Å². The second kappa shape index (κ2) is 12.6. The smallest absolute Gasteiger partial charge is 0.191 e. The Hall–Kier alpha value is -1.82. The van der Waals surface area contributed by atoms with Crippen LogP contribution in [0.5, 0.6) is 0 Å². The van der Waals surface area contributed by atoms with Crippen LogP contribution >= 0.6 is 24.0 Å². The maximum atomic E-state index is 14.0. The van der Waals surface area contributed by atoms with Gasteiger partial charge in [-0.15, -0.1) is 34.2 Å². The first kappa shape index (κ1) is 24.2. The highest BCUT2D eigenvalue weighted by atomic mass is 127. The Balaban J connectivity index is 0.00000392. The van der Waals surface area contributed by atoms with E-state index in [1.807, 2.05) is 11.5 Å². The molecule has 2 aromatic rings. The van der Waals surface area contributed by atoms with Gasteiger partial charge >= 0.3 is 0 Å². The topological polar surface area (TPSA) is 76.4 Å². The molecule has 0 saturated carbocycles. The number of nitrogens with one attached hydrogen (secondary N) is 2. The number of methoxy groups -OCH3 is 1.